The Hall–Kier alpha value is -1.98. The van der Waals surface area contributed by atoms with Gasteiger partial charge in [0.15, 0.2) is 5.82 Å². The predicted molar refractivity (Wildman–Crippen MR) is 74.3 cm³/mol. The summed E-state index contributed by atoms with van der Waals surface area (Å²) in [7, 11) is 0. The van der Waals surface area contributed by atoms with Gasteiger partial charge in [0.1, 0.15) is 5.82 Å². The highest BCUT2D eigenvalue weighted by atomic mass is 19.1. The quantitative estimate of drug-likeness (QED) is 0.856. The van der Waals surface area contributed by atoms with Crippen LogP contribution in [0.4, 0.5) is 10.1 Å². The van der Waals surface area contributed by atoms with Crippen LogP contribution in [0.2, 0.25) is 0 Å². The normalized spacial score (nSPS) is 21.2. The topological polar surface area (TPSA) is 69.6 Å². The molecule has 0 bridgehead atoms. The number of aromatic nitrogens is 4. The minimum atomic E-state index is -0.375. The molecular formula is C14H18FN5. The van der Waals surface area contributed by atoms with E-state index in [9.17, 15) is 4.39 Å². The maximum atomic E-state index is 13.5. The van der Waals surface area contributed by atoms with E-state index in [1.54, 1.807) is 6.07 Å². The van der Waals surface area contributed by atoms with Crippen LogP contribution < -0.4 is 5.73 Å². The molecule has 1 atom stereocenters. The van der Waals surface area contributed by atoms with Gasteiger partial charge in [-0.2, -0.15) is 0 Å². The van der Waals surface area contributed by atoms with Crippen LogP contribution in [0, 0.1) is 11.2 Å². The molecule has 106 valence electrons. The van der Waals surface area contributed by atoms with Gasteiger partial charge in [-0.3, -0.25) is 0 Å². The Morgan fingerprint density at radius 1 is 1.35 bits per heavy atom. The molecule has 3 rings (SSSR count). The first-order chi connectivity index (χ1) is 9.47. The summed E-state index contributed by atoms with van der Waals surface area (Å²) in [6.45, 7) is 4.44. The summed E-state index contributed by atoms with van der Waals surface area (Å²) in [5, 5.41) is 11.9. The van der Waals surface area contributed by atoms with Crippen LogP contribution >= 0.6 is 0 Å². The van der Waals surface area contributed by atoms with Gasteiger partial charge in [0.25, 0.3) is 0 Å². The molecule has 0 radical (unpaired) electrons. The number of nitrogens with zero attached hydrogens (tertiary/aromatic N) is 4. The van der Waals surface area contributed by atoms with E-state index in [1.165, 1.54) is 12.1 Å². The summed E-state index contributed by atoms with van der Waals surface area (Å²) in [6.07, 6.45) is 3.33. The van der Waals surface area contributed by atoms with Crippen molar-refractivity contribution in [2.45, 2.75) is 39.2 Å². The lowest BCUT2D eigenvalue weighted by Gasteiger charge is -2.27. The molecule has 1 aliphatic carbocycles. The Morgan fingerprint density at radius 2 is 2.15 bits per heavy atom. The van der Waals surface area contributed by atoms with Gasteiger partial charge in [0.2, 0.25) is 0 Å². The van der Waals surface area contributed by atoms with Crippen LogP contribution in [0.15, 0.2) is 18.2 Å². The van der Waals surface area contributed by atoms with Gasteiger partial charge in [-0.05, 0) is 46.9 Å². The summed E-state index contributed by atoms with van der Waals surface area (Å²) in [4.78, 5) is 0. The highest BCUT2D eigenvalue weighted by molar-refractivity contribution is 5.61. The van der Waals surface area contributed by atoms with Gasteiger partial charge in [0, 0.05) is 11.3 Å². The molecular weight excluding hydrogens is 257 g/mol. The fraction of sp³-hybridized carbons (Fsp3) is 0.500. The average molecular weight is 275 g/mol. The lowest BCUT2D eigenvalue weighted by Crippen LogP contribution is -2.23. The number of halogens is 1. The number of rotatable bonds is 2. The van der Waals surface area contributed by atoms with Gasteiger partial charge < -0.3 is 5.73 Å². The van der Waals surface area contributed by atoms with Crippen LogP contribution in [0.3, 0.4) is 0 Å². The molecule has 1 saturated carbocycles. The molecule has 1 heterocycles. The van der Waals surface area contributed by atoms with E-state index in [0.717, 1.165) is 19.3 Å². The van der Waals surface area contributed by atoms with Crippen LogP contribution in [-0.4, -0.2) is 20.2 Å². The van der Waals surface area contributed by atoms with E-state index in [2.05, 4.69) is 29.4 Å². The lowest BCUT2D eigenvalue weighted by molar-refractivity contribution is 0.242. The standard InChI is InChI=1S/C14H18FN5/c1-14(2)5-3-4-12(14)20-13(17-18-19-20)9-6-10(15)8-11(16)7-9/h6-8,12H,3-5,16H2,1-2H3. The average Bonchev–Trinajstić information content (AvgIpc) is 2.93. The smallest absolute Gasteiger partial charge is 0.182 e. The van der Waals surface area contributed by atoms with E-state index >= 15 is 0 Å². The molecule has 20 heavy (non-hydrogen) atoms. The van der Waals surface area contributed by atoms with Gasteiger partial charge in [0.05, 0.1) is 6.04 Å². The fourth-order valence-electron chi connectivity index (χ4n) is 3.10. The van der Waals surface area contributed by atoms with Crippen LogP contribution in [0.1, 0.15) is 39.2 Å². The van der Waals surface area contributed by atoms with Gasteiger partial charge in [-0.25, -0.2) is 9.07 Å². The minimum absolute atomic E-state index is 0.142. The van der Waals surface area contributed by atoms with Crippen molar-refractivity contribution in [3.63, 3.8) is 0 Å². The maximum Gasteiger partial charge on any atom is 0.182 e. The SMILES string of the molecule is CC1(C)CCCC1n1nnnc1-c1cc(N)cc(F)c1. The zero-order valence-electron chi connectivity index (χ0n) is 11.7. The third-order valence-electron chi connectivity index (χ3n) is 4.17. The number of nitrogens with two attached hydrogens (primary N) is 1. The molecule has 0 saturated heterocycles. The molecule has 0 amide bonds. The second kappa shape index (κ2) is 4.54. The highest BCUT2D eigenvalue weighted by Gasteiger charge is 2.38. The van der Waals surface area contributed by atoms with E-state index in [0.29, 0.717) is 17.1 Å². The summed E-state index contributed by atoms with van der Waals surface area (Å²) >= 11 is 0. The van der Waals surface area contributed by atoms with Crippen molar-refractivity contribution < 1.29 is 4.39 Å². The van der Waals surface area contributed by atoms with Gasteiger partial charge in [-0.1, -0.05) is 20.3 Å². The minimum Gasteiger partial charge on any atom is -0.399 e. The number of anilines is 1. The second-order valence-electron chi connectivity index (χ2n) is 6.12. The molecule has 5 nitrogen and oxygen atoms in total. The largest absolute Gasteiger partial charge is 0.399 e. The van der Waals surface area contributed by atoms with Gasteiger partial charge >= 0.3 is 0 Å². The lowest BCUT2D eigenvalue weighted by atomic mass is 9.87. The van der Waals surface area contributed by atoms with Crippen molar-refractivity contribution in [1.82, 2.24) is 20.2 Å². The summed E-state index contributed by atoms with van der Waals surface area (Å²) in [6, 6.07) is 4.64. The first-order valence-electron chi connectivity index (χ1n) is 6.82. The number of nitrogen functional groups attached to an aromatic ring is 1. The summed E-state index contributed by atoms with van der Waals surface area (Å²) in [5.74, 6) is 0.205. The second-order valence-corrected chi connectivity index (χ2v) is 6.12. The number of hydrogen-bond donors (Lipinski definition) is 1. The number of tetrazole rings is 1. The Balaban J connectivity index is 2.06. The molecule has 1 aromatic heterocycles. The first-order valence-corrected chi connectivity index (χ1v) is 6.82. The zero-order valence-corrected chi connectivity index (χ0v) is 11.7. The molecule has 0 spiro atoms. The van der Waals surface area contributed by atoms with Crippen LogP contribution in [0.5, 0.6) is 0 Å². The number of hydrogen-bond acceptors (Lipinski definition) is 4. The van der Waals surface area contributed by atoms with E-state index < -0.39 is 0 Å². The molecule has 1 aromatic carbocycles. The van der Waals surface area contributed by atoms with Gasteiger partial charge in [-0.15, -0.1) is 5.10 Å². The summed E-state index contributed by atoms with van der Waals surface area (Å²) < 4.78 is 15.3. The highest BCUT2D eigenvalue weighted by Crippen LogP contribution is 2.46. The molecule has 0 aliphatic heterocycles. The van der Waals surface area contributed by atoms with Crippen molar-refractivity contribution in [3.05, 3.63) is 24.0 Å². The Bertz CT molecular complexity index is 614. The van der Waals surface area contributed by atoms with E-state index in [1.807, 2.05) is 4.68 Å². The van der Waals surface area contributed by atoms with E-state index in [-0.39, 0.29) is 17.3 Å². The van der Waals surface area contributed by atoms with Crippen LogP contribution in [0.25, 0.3) is 11.4 Å². The fourth-order valence-corrected chi connectivity index (χ4v) is 3.10. The van der Waals surface area contributed by atoms with Crippen molar-refractivity contribution >= 4 is 5.69 Å². The van der Waals surface area contributed by atoms with E-state index in [4.69, 9.17) is 5.73 Å². The van der Waals surface area contributed by atoms with Crippen molar-refractivity contribution in [1.29, 1.82) is 0 Å². The van der Waals surface area contributed by atoms with Crippen LogP contribution in [-0.2, 0) is 0 Å². The molecule has 2 N–H and O–H groups in total. The maximum absolute atomic E-state index is 13.5. The third kappa shape index (κ3) is 2.15. The monoisotopic (exact) mass is 275 g/mol. The molecule has 6 heteroatoms. The van der Waals surface area contributed by atoms with Crippen molar-refractivity contribution in [2.24, 2.45) is 5.41 Å². The molecule has 1 unspecified atom stereocenters. The number of benzene rings is 1. The Labute approximate surface area is 117 Å². The predicted octanol–water partition coefficient (Wildman–Crippen LogP) is 2.81. The first kappa shape index (κ1) is 13.0. The molecule has 1 fully saturated rings. The van der Waals surface area contributed by atoms with Crippen molar-refractivity contribution in [2.75, 3.05) is 5.73 Å². The third-order valence-corrected chi connectivity index (χ3v) is 4.17. The Morgan fingerprint density at radius 3 is 2.80 bits per heavy atom. The summed E-state index contributed by atoms with van der Waals surface area (Å²) in [5.41, 5.74) is 6.84. The Kier molecular flexibility index (Phi) is 2.96. The van der Waals surface area contributed by atoms with Crippen molar-refractivity contribution in [3.8, 4) is 11.4 Å². The molecule has 2 aromatic rings. The molecule has 1 aliphatic rings. The zero-order chi connectivity index (χ0) is 14.3.